The average Bonchev–Trinajstić information content (AvgIpc) is 3.11. The third kappa shape index (κ3) is 4.13. The fourth-order valence-electron chi connectivity index (χ4n) is 2.77. The Bertz CT molecular complexity index is 540. The van der Waals surface area contributed by atoms with Gasteiger partial charge in [0.25, 0.3) is 0 Å². The molecule has 0 amide bonds. The van der Waals surface area contributed by atoms with Crippen LogP contribution in [0.25, 0.3) is 10.6 Å². The Morgan fingerprint density at radius 3 is 2.57 bits per heavy atom. The summed E-state index contributed by atoms with van der Waals surface area (Å²) in [7, 11) is 0. The molecule has 114 valence electrons. The minimum atomic E-state index is 0.767. The Kier molecular flexibility index (Phi) is 5.06. The van der Waals surface area contributed by atoms with Crippen molar-refractivity contribution >= 4 is 22.7 Å². The number of hydrogen-bond acceptors (Lipinski definition) is 5. The second kappa shape index (κ2) is 7.01. The predicted molar refractivity (Wildman–Crippen MR) is 92.0 cm³/mol. The molecule has 2 aromatic heterocycles. The van der Waals surface area contributed by atoms with E-state index in [0.717, 1.165) is 30.6 Å². The van der Waals surface area contributed by atoms with Crippen LogP contribution < -0.4 is 0 Å². The number of rotatable bonds is 5. The molecule has 0 aromatic carbocycles. The zero-order valence-electron chi connectivity index (χ0n) is 12.8. The van der Waals surface area contributed by atoms with Crippen LogP contribution in [-0.4, -0.2) is 47.5 Å². The van der Waals surface area contributed by atoms with Gasteiger partial charge in [0, 0.05) is 55.6 Å². The topological polar surface area (TPSA) is 19.4 Å². The molecule has 5 heteroatoms. The second-order valence-electron chi connectivity index (χ2n) is 6.13. The molecule has 1 aliphatic rings. The maximum Gasteiger partial charge on any atom is 0.124 e. The van der Waals surface area contributed by atoms with Crippen molar-refractivity contribution in [2.75, 3.05) is 32.7 Å². The SMILES string of the molecule is CC(C)CN1CCN(Cc2csc(-c3ccsc3)n2)CC1. The lowest BCUT2D eigenvalue weighted by Crippen LogP contribution is -2.46. The lowest BCUT2D eigenvalue weighted by Gasteiger charge is -2.35. The quantitative estimate of drug-likeness (QED) is 0.838. The predicted octanol–water partition coefficient (Wildman–Crippen LogP) is 3.65. The summed E-state index contributed by atoms with van der Waals surface area (Å²) in [6.07, 6.45) is 0. The van der Waals surface area contributed by atoms with E-state index in [1.54, 1.807) is 22.7 Å². The lowest BCUT2D eigenvalue weighted by molar-refractivity contribution is 0.116. The minimum Gasteiger partial charge on any atom is -0.301 e. The van der Waals surface area contributed by atoms with Gasteiger partial charge in [-0.25, -0.2) is 4.98 Å². The summed E-state index contributed by atoms with van der Waals surface area (Å²) in [4.78, 5) is 9.90. The molecule has 0 bridgehead atoms. The van der Waals surface area contributed by atoms with Gasteiger partial charge in [-0.05, 0) is 17.4 Å². The first-order chi connectivity index (χ1) is 10.2. The first-order valence-electron chi connectivity index (χ1n) is 7.62. The van der Waals surface area contributed by atoms with E-state index in [2.05, 4.69) is 45.9 Å². The minimum absolute atomic E-state index is 0.767. The van der Waals surface area contributed by atoms with E-state index in [4.69, 9.17) is 4.98 Å². The zero-order valence-corrected chi connectivity index (χ0v) is 14.4. The molecule has 0 saturated carbocycles. The van der Waals surface area contributed by atoms with Crippen LogP contribution in [0.5, 0.6) is 0 Å². The lowest BCUT2D eigenvalue weighted by atomic mass is 10.2. The Labute approximate surface area is 135 Å². The monoisotopic (exact) mass is 321 g/mol. The molecule has 2 aromatic rings. The average molecular weight is 322 g/mol. The molecule has 1 aliphatic heterocycles. The van der Waals surface area contributed by atoms with Gasteiger partial charge in [0.05, 0.1) is 5.69 Å². The molecule has 1 saturated heterocycles. The highest BCUT2D eigenvalue weighted by Gasteiger charge is 2.18. The van der Waals surface area contributed by atoms with Gasteiger partial charge < -0.3 is 4.90 Å². The molecule has 3 nitrogen and oxygen atoms in total. The van der Waals surface area contributed by atoms with Crippen LogP contribution >= 0.6 is 22.7 Å². The number of piperazine rings is 1. The van der Waals surface area contributed by atoms with Gasteiger partial charge in [0.15, 0.2) is 0 Å². The summed E-state index contributed by atoms with van der Waals surface area (Å²) in [6.45, 7) is 11.5. The standard InChI is InChI=1S/C16H23N3S2/c1-13(2)9-18-4-6-19(7-5-18)10-15-12-21-16(17-15)14-3-8-20-11-14/h3,8,11-13H,4-7,9-10H2,1-2H3. The molecule has 0 spiro atoms. The first-order valence-corrected chi connectivity index (χ1v) is 9.44. The zero-order chi connectivity index (χ0) is 14.7. The van der Waals surface area contributed by atoms with Gasteiger partial charge in [-0.3, -0.25) is 4.90 Å². The number of nitrogens with zero attached hydrogens (tertiary/aromatic N) is 3. The summed E-state index contributed by atoms with van der Waals surface area (Å²) in [6, 6.07) is 2.15. The Hall–Kier alpha value is -0.750. The summed E-state index contributed by atoms with van der Waals surface area (Å²) in [5, 5.41) is 7.66. The number of hydrogen-bond donors (Lipinski definition) is 0. The molecule has 0 atom stereocenters. The van der Waals surface area contributed by atoms with E-state index in [1.165, 1.54) is 30.9 Å². The Balaban J connectivity index is 1.52. The van der Waals surface area contributed by atoms with Gasteiger partial charge in [-0.2, -0.15) is 11.3 Å². The third-order valence-electron chi connectivity index (χ3n) is 3.79. The fourth-order valence-corrected chi connectivity index (χ4v) is 4.30. The maximum atomic E-state index is 4.78. The van der Waals surface area contributed by atoms with E-state index in [0.29, 0.717) is 0 Å². The molecule has 3 heterocycles. The molecule has 0 N–H and O–H groups in total. The highest BCUT2D eigenvalue weighted by atomic mass is 32.1. The largest absolute Gasteiger partial charge is 0.301 e. The fraction of sp³-hybridized carbons (Fsp3) is 0.562. The summed E-state index contributed by atoms with van der Waals surface area (Å²) >= 11 is 3.50. The van der Waals surface area contributed by atoms with Crippen molar-refractivity contribution in [3.8, 4) is 10.6 Å². The van der Waals surface area contributed by atoms with E-state index in [1.807, 2.05) is 0 Å². The van der Waals surface area contributed by atoms with E-state index in [-0.39, 0.29) is 0 Å². The van der Waals surface area contributed by atoms with Crippen molar-refractivity contribution in [1.29, 1.82) is 0 Å². The van der Waals surface area contributed by atoms with Crippen LogP contribution in [0, 0.1) is 5.92 Å². The molecular weight excluding hydrogens is 298 g/mol. The van der Waals surface area contributed by atoms with Crippen LogP contribution in [0.15, 0.2) is 22.2 Å². The molecule has 0 unspecified atom stereocenters. The summed E-state index contributed by atoms with van der Waals surface area (Å²) in [5.74, 6) is 0.767. The summed E-state index contributed by atoms with van der Waals surface area (Å²) in [5.41, 5.74) is 2.48. The number of thiazole rings is 1. The summed E-state index contributed by atoms with van der Waals surface area (Å²) < 4.78 is 0. The third-order valence-corrected chi connectivity index (χ3v) is 5.42. The highest BCUT2D eigenvalue weighted by Crippen LogP contribution is 2.26. The van der Waals surface area contributed by atoms with Gasteiger partial charge in [-0.15, -0.1) is 11.3 Å². The second-order valence-corrected chi connectivity index (χ2v) is 7.76. The Morgan fingerprint density at radius 1 is 1.14 bits per heavy atom. The van der Waals surface area contributed by atoms with Crippen molar-refractivity contribution in [2.45, 2.75) is 20.4 Å². The van der Waals surface area contributed by atoms with E-state index in [9.17, 15) is 0 Å². The Morgan fingerprint density at radius 2 is 1.90 bits per heavy atom. The van der Waals surface area contributed by atoms with Crippen molar-refractivity contribution in [2.24, 2.45) is 5.92 Å². The molecule has 21 heavy (non-hydrogen) atoms. The van der Waals surface area contributed by atoms with Crippen LogP contribution in [0.4, 0.5) is 0 Å². The van der Waals surface area contributed by atoms with Crippen molar-refractivity contribution in [1.82, 2.24) is 14.8 Å². The molecule has 1 fully saturated rings. The molecule has 0 radical (unpaired) electrons. The van der Waals surface area contributed by atoms with Crippen LogP contribution in [-0.2, 0) is 6.54 Å². The molecule has 0 aliphatic carbocycles. The number of aromatic nitrogens is 1. The highest BCUT2D eigenvalue weighted by molar-refractivity contribution is 7.14. The normalized spacial score (nSPS) is 17.7. The van der Waals surface area contributed by atoms with Crippen LogP contribution in [0.1, 0.15) is 19.5 Å². The van der Waals surface area contributed by atoms with Gasteiger partial charge in [0.2, 0.25) is 0 Å². The molecular formula is C16H23N3S2. The van der Waals surface area contributed by atoms with Crippen molar-refractivity contribution < 1.29 is 0 Å². The van der Waals surface area contributed by atoms with Crippen molar-refractivity contribution in [3.63, 3.8) is 0 Å². The van der Waals surface area contributed by atoms with Gasteiger partial charge in [-0.1, -0.05) is 13.8 Å². The smallest absolute Gasteiger partial charge is 0.124 e. The van der Waals surface area contributed by atoms with Crippen LogP contribution in [0.2, 0.25) is 0 Å². The van der Waals surface area contributed by atoms with Gasteiger partial charge in [0.1, 0.15) is 5.01 Å². The first kappa shape index (κ1) is 15.2. The maximum absolute atomic E-state index is 4.78. The van der Waals surface area contributed by atoms with Gasteiger partial charge >= 0.3 is 0 Å². The van der Waals surface area contributed by atoms with Crippen LogP contribution in [0.3, 0.4) is 0 Å². The van der Waals surface area contributed by atoms with Crippen molar-refractivity contribution in [3.05, 3.63) is 27.9 Å². The molecule has 3 rings (SSSR count). The van der Waals surface area contributed by atoms with E-state index < -0.39 is 0 Å². The number of thiophene rings is 1. The van der Waals surface area contributed by atoms with E-state index >= 15 is 0 Å².